The third kappa shape index (κ3) is 2.75. The van der Waals surface area contributed by atoms with E-state index >= 15 is 0 Å². The van der Waals surface area contributed by atoms with Crippen LogP contribution in [-0.4, -0.2) is 20.5 Å². The predicted molar refractivity (Wildman–Crippen MR) is 62.7 cm³/mol. The van der Waals surface area contributed by atoms with Gasteiger partial charge in [-0.15, -0.1) is 5.10 Å². The molecule has 6 heteroatoms. The highest BCUT2D eigenvalue weighted by atomic mass is 32.1. The van der Waals surface area contributed by atoms with E-state index < -0.39 is 0 Å². The number of aromatic nitrogens is 3. The van der Waals surface area contributed by atoms with Crippen molar-refractivity contribution in [2.45, 2.75) is 0 Å². The van der Waals surface area contributed by atoms with E-state index in [0.717, 1.165) is 5.69 Å². The van der Waals surface area contributed by atoms with Gasteiger partial charge in [0.2, 0.25) is 0 Å². The smallest absolute Gasteiger partial charge is 0.176 e. The number of hydrogen-bond acceptors (Lipinski definition) is 3. The van der Waals surface area contributed by atoms with Crippen LogP contribution in [0.3, 0.4) is 0 Å². The molecule has 0 saturated heterocycles. The molecular formula is C9H9N5S. The second-order valence-electron chi connectivity index (χ2n) is 2.80. The third-order valence-corrected chi connectivity index (χ3v) is 1.89. The monoisotopic (exact) mass is 219 g/mol. The molecule has 1 aromatic heterocycles. The lowest BCUT2D eigenvalue weighted by molar-refractivity contribution is 0.942. The number of aromatic amines is 1. The highest BCUT2D eigenvalue weighted by Crippen LogP contribution is 2.06. The zero-order chi connectivity index (χ0) is 10.5. The molecule has 0 spiro atoms. The minimum Gasteiger partial charge on any atom is -0.332 e. The van der Waals surface area contributed by atoms with Crippen molar-refractivity contribution in [3.63, 3.8) is 0 Å². The van der Waals surface area contributed by atoms with E-state index in [9.17, 15) is 0 Å². The molecule has 1 heterocycles. The van der Waals surface area contributed by atoms with E-state index in [1.54, 1.807) is 6.20 Å². The molecule has 2 aromatic rings. The maximum atomic E-state index is 5.08. The highest BCUT2D eigenvalue weighted by molar-refractivity contribution is 7.80. The average molecular weight is 219 g/mol. The first kappa shape index (κ1) is 9.60. The summed E-state index contributed by atoms with van der Waals surface area (Å²) in [6.45, 7) is 0. The van der Waals surface area contributed by atoms with Crippen LogP contribution in [0.25, 0.3) is 0 Å². The molecule has 15 heavy (non-hydrogen) atoms. The van der Waals surface area contributed by atoms with Crippen LogP contribution in [-0.2, 0) is 0 Å². The van der Waals surface area contributed by atoms with Crippen LogP contribution in [0.1, 0.15) is 0 Å². The number of rotatable bonds is 2. The second kappa shape index (κ2) is 4.52. The normalized spacial score (nSPS) is 9.60. The van der Waals surface area contributed by atoms with Crippen LogP contribution in [0, 0.1) is 0 Å². The molecule has 76 valence electrons. The largest absolute Gasteiger partial charge is 0.332 e. The van der Waals surface area contributed by atoms with Crippen molar-refractivity contribution in [2.24, 2.45) is 0 Å². The van der Waals surface area contributed by atoms with Gasteiger partial charge in [-0.2, -0.15) is 10.3 Å². The molecular weight excluding hydrogens is 210 g/mol. The summed E-state index contributed by atoms with van der Waals surface area (Å²) in [6.07, 6.45) is 1.55. The van der Waals surface area contributed by atoms with Gasteiger partial charge in [0.25, 0.3) is 0 Å². The van der Waals surface area contributed by atoms with Gasteiger partial charge >= 0.3 is 0 Å². The Morgan fingerprint density at radius 3 is 2.67 bits per heavy atom. The van der Waals surface area contributed by atoms with E-state index in [1.165, 1.54) is 0 Å². The number of nitrogens with one attached hydrogen (secondary N) is 3. The SMILES string of the molecule is S=C(Nc1ccccc1)Nc1cn[nH]n1. The van der Waals surface area contributed by atoms with Gasteiger partial charge in [-0.3, -0.25) is 0 Å². The molecule has 5 nitrogen and oxygen atoms in total. The van der Waals surface area contributed by atoms with Crippen molar-refractivity contribution in [3.05, 3.63) is 36.5 Å². The highest BCUT2D eigenvalue weighted by Gasteiger charge is 1.99. The molecule has 0 radical (unpaired) electrons. The van der Waals surface area contributed by atoms with Crippen LogP contribution in [0.4, 0.5) is 11.5 Å². The number of hydrogen-bond donors (Lipinski definition) is 3. The first-order valence-corrected chi connectivity index (χ1v) is 4.74. The molecule has 0 saturated carbocycles. The average Bonchev–Trinajstić information content (AvgIpc) is 2.71. The van der Waals surface area contributed by atoms with Crippen molar-refractivity contribution in [2.75, 3.05) is 10.6 Å². The molecule has 0 unspecified atom stereocenters. The van der Waals surface area contributed by atoms with Crippen molar-refractivity contribution >= 4 is 28.8 Å². The first-order valence-electron chi connectivity index (χ1n) is 4.33. The maximum absolute atomic E-state index is 5.08. The predicted octanol–water partition coefficient (Wildman–Crippen LogP) is 1.61. The summed E-state index contributed by atoms with van der Waals surface area (Å²) < 4.78 is 0. The van der Waals surface area contributed by atoms with E-state index in [-0.39, 0.29) is 0 Å². The number of anilines is 2. The Bertz CT molecular complexity index is 425. The zero-order valence-electron chi connectivity index (χ0n) is 7.77. The lowest BCUT2D eigenvalue weighted by Crippen LogP contribution is -2.19. The Morgan fingerprint density at radius 1 is 1.20 bits per heavy atom. The summed E-state index contributed by atoms with van der Waals surface area (Å²) in [6, 6.07) is 9.66. The summed E-state index contributed by atoms with van der Waals surface area (Å²) in [5.41, 5.74) is 0.929. The molecule has 0 aliphatic rings. The fraction of sp³-hybridized carbons (Fsp3) is 0. The van der Waals surface area contributed by atoms with Gasteiger partial charge in [-0.1, -0.05) is 18.2 Å². The lowest BCUT2D eigenvalue weighted by Gasteiger charge is -2.07. The zero-order valence-corrected chi connectivity index (χ0v) is 8.58. The Hall–Kier alpha value is -1.95. The van der Waals surface area contributed by atoms with Gasteiger partial charge in [0.1, 0.15) is 0 Å². The van der Waals surface area contributed by atoms with Crippen molar-refractivity contribution in [1.82, 2.24) is 15.4 Å². The quantitative estimate of drug-likeness (QED) is 0.670. The number of para-hydroxylation sites is 1. The van der Waals surface area contributed by atoms with E-state index in [4.69, 9.17) is 12.2 Å². The summed E-state index contributed by atoms with van der Waals surface area (Å²) in [5.74, 6) is 0.587. The third-order valence-electron chi connectivity index (χ3n) is 1.69. The topological polar surface area (TPSA) is 65.6 Å². The first-order chi connectivity index (χ1) is 7.34. The molecule has 0 amide bonds. The van der Waals surface area contributed by atoms with E-state index in [2.05, 4.69) is 26.0 Å². The van der Waals surface area contributed by atoms with Crippen LogP contribution in [0.5, 0.6) is 0 Å². The fourth-order valence-electron chi connectivity index (χ4n) is 1.06. The number of thiocarbonyl (C=S) groups is 1. The molecule has 0 fully saturated rings. The standard InChI is InChI=1S/C9H9N5S/c15-9(12-8-6-10-14-13-8)11-7-4-2-1-3-5-7/h1-6H,(H3,10,11,12,13,14,15). The molecule has 2 rings (SSSR count). The van der Waals surface area contributed by atoms with Crippen molar-refractivity contribution < 1.29 is 0 Å². The summed E-state index contributed by atoms with van der Waals surface area (Å²) in [7, 11) is 0. The number of nitrogens with zero attached hydrogens (tertiary/aromatic N) is 2. The number of benzene rings is 1. The molecule has 0 atom stereocenters. The lowest BCUT2D eigenvalue weighted by atomic mass is 10.3. The van der Waals surface area contributed by atoms with Gasteiger partial charge in [-0.05, 0) is 24.4 Å². The summed E-state index contributed by atoms with van der Waals surface area (Å²) in [4.78, 5) is 0. The van der Waals surface area contributed by atoms with Crippen LogP contribution >= 0.6 is 12.2 Å². The minimum absolute atomic E-state index is 0.482. The summed E-state index contributed by atoms with van der Waals surface area (Å²) in [5, 5.41) is 16.4. The number of H-pyrrole nitrogens is 1. The Labute approximate surface area is 91.9 Å². The molecule has 0 aliphatic carbocycles. The van der Waals surface area contributed by atoms with Gasteiger partial charge in [0.05, 0.1) is 6.20 Å². The van der Waals surface area contributed by atoms with Crippen LogP contribution in [0.15, 0.2) is 36.5 Å². The Kier molecular flexibility index (Phi) is 2.89. The fourth-order valence-corrected chi connectivity index (χ4v) is 1.28. The molecule has 3 N–H and O–H groups in total. The van der Waals surface area contributed by atoms with Crippen LogP contribution in [0.2, 0.25) is 0 Å². The van der Waals surface area contributed by atoms with E-state index in [1.807, 2.05) is 30.3 Å². The van der Waals surface area contributed by atoms with E-state index in [0.29, 0.717) is 10.9 Å². The molecule has 0 bridgehead atoms. The van der Waals surface area contributed by atoms with Crippen molar-refractivity contribution in [3.8, 4) is 0 Å². The van der Waals surface area contributed by atoms with Crippen LogP contribution < -0.4 is 10.6 Å². The Morgan fingerprint density at radius 2 is 2.00 bits per heavy atom. The maximum Gasteiger partial charge on any atom is 0.176 e. The summed E-state index contributed by atoms with van der Waals surface area (Å²) >= 11 is 5.08. The second-order valence-corrected chi connectivity index (χ2v) is 3.21. The van der Waals surface area contributed by atoms with Gasteiger partial charge in [-0.25, -0.2) is 0 Å². The minimum atomic E-state index is 0.482. The van der Waals surface area contributed by atoms with Gasteiger partial charge in [0.15, 0.2) is 10.9 Å². The van der Waals surface area contributed by atoms with Gasteiger partial charge in [0, 0.05) is 5.69 Å². The van der Waals surface area contributed by atoms with Gasteiger partial charge < -0.3 is 10.6 Å². The molecule has 0 aliphatic heterocycles. The van der Waals surface area contributed by atoms with Crippen molar-refractivity contribution in [1.29, 1.82) is 0 Å². The molecule has 1 aromatic carbocycles. The Balaban J connectivity index is 1.94.